The molecule has 128 valence electrons. The zero-order valence-corrected chi connectivity index (χ0v) is 14.5. The van der Waals surface area contributed by atoms with E-state index >= 15 is 0 Å². The molecule has 1 aromatic carbocycles. The highest BCUT2D eigenvalue weighted by molar-refractivity contribution is 5.25. The molecule has 1 aromatic rings. The van der Waals surface area contributed by atoms with Crippen LogP contribution in [-0.2, 0) is 11.2 Å². The molecule has 1 saturated heterocycles. The van der Waals surface area contributed by atoms with Gasteiger partial charge in [-0.25, -0.2) is 0 Å². The fourth-order valence-corrected chi connectivity index (χ4v) is 4.51. The Labute approximate surface area is 141 Å². The van der Waals surface area contributed by atoms with Gasteiger partial charge in [0.05, 0.1) is 19.3 Å². The Morgan fingerprint density at radius 3 is 2.22 bits per heavy atom. The molecule has 2 unspecified atom stereocenters. The molecule has 2 heteroatoms. The average Bonchev–Trinajstić information content (AvgIpc) is 2.63. The van der Waals surface area contributed by atoms with Gasteiger partial charge in [-0.2, -0.15) is 0 Å². The van der Waals surface area contributed by atoms with E-state index < -0.39 is 0 Å². The lowest BCUT2D eigenvalue weighted by Gasteiger charge is -2.37. The van der Waals surface area contributed by atoms with Crippen LogP contribution in [0.15, 0.2) is 24.3 Å². The molecule has 23 heavy (non-hydrogen) atoms. The maximum Gasteiger partial charge on any atom is 0.0806 e. The summed E-state index contributed by atoms with van der Waals surface area (Å²) in [5.41, 5.74) is 3.02. The zero-order chi connectivity index (χ0) is 16.1. The molecular weight excluding hydrogens is 284 g/mol. The van der Waals surface area contributed by atoms with Crippen LogP contribution in [0.3, 0.4) is 0 Å². The van der Waals surface area contributed by atoms with Gasteiger partial charge in [-0.15, -0.1) is 0 Å². The van der Waals surface area contributed by atoms with Gasteiger partial charge in [0, 0.05) is 0 Å². The second kappa shape index (κ2) is 8.30. The summed E-state index contributed by atoms with van der Waals surface area (Å²) in [6.45, 7) is 3.30. The molecule has 0 amide bonds. The first-order chi connectivity index (χ1) is 11.3. The lowest BCUT2D eigenvalue weighted by atomic mass is 9.72. The molecule has 0 aromatic heterocycles. The lowest BCUT2D eigenvalue weighted by Crippen LogP contribution is -2.33. The van der Waals surface area contributed by atoms with Gasteiger partial charge in [0.2, 0.25) is 0 Å². The summed E-state index contributed by atoms with van der Waals surface area (Å²) in [4.78, 5) is 0. The summed E-state index contributed by atoms with van der Waals surface area (Å²) in [6, 6.07) is 9.39. The van der Waals surface area contributed by atoms with Gasteiger partial charge in [-0.3, -0.25) is 0 Å². The molecule has 3 rings (SSSR count). The van der Waals surface area contributed by atoms with Gasteiger partial charge in [-0.05, 0) is 73.8 Å². The van der Waals surface area contributed by atoms with Crippen LogP contribution in [0, 0.1) is 11.8 Å². The van der Waals surface area contributed by atoms with Crippen LogP contribution < -0.4 is 0 Å². The molecule has 1 N–H and O–H groups in total. The highest BCUT2D eigenvalue weighted by Crippen LogP contribution is 2.41. The second-order valence-corrected chi connectivity index (χ2v) is 7.58. The minimum absolute atomic E-state index is 0.101. The van der Waals surface area contributed by atoms with Crippen LogP contribution >= 0.6 is 0 Å². The second-order valence-electron chi connectivity index (χ2n) is 7.58. The fraction of sp³-hybridized carbons (Fsp3) is 0.714. The number of rotatable bonds is 5. The van der Waals surface area contributed by atoms with E-state index in [2.05, 4.69) is 31.2 Å². The Hall–Kier alpha value is -0.860. The van der Waals surface area contributed by atoms with Crippen molar-refractivity contribution >= 4 is 0 Å². The Bertz CT molecular complexity index is 451. The maximum atomic E-state index is 9.18. The van der Waals surface area contributed by atoms with Crippen molar-refractivity contribution in [1.82, 2.24) is 0 Å². The number of aliphatic hydroxyl groups is 1. The van der Waals surface area contributed by atoms with Crippen LogP contribution in [0.25, 0.3) is 0 Å². The van der Waals surface area contributed by atoms with Gasteiger partial charge in [0.15, 0.2) is 0 Å². The topological polar surface area (TPSA) is 29.5 Å². The number of aliphatic hydroxyl groups excluding tert-OH is 1. The highest BCUT2D eigenvalue weighted by atomic mass is 16.5. The molecular formula is C21H32O2. The summed E-state index contributed by atoms with van der Waals surface area (Å²) in [7, 11) is 0. The van der Waals surface area contributed by atoms with Crippen LogP contribution in [0.5, 0.6) is 0 Å². The molecule has 2 nitrogen and oxygen atoms in total. The predicted octanol–water partition coefficient (Wildman–Crippen LogP) is 4.70. The minimum atomic E-state index is 0.101. The molecule has 0 radical (unpaired) electrons. The van der Waals surface area contributed by atoms with E-state index in [0.717, 1.165) is 30.8 Å². The summed E-state index contributed by atoms with van der Waals surface area (Å²) in [5, 5.41) is 9.18. The minimum Gasteiger partial charge on any atom is -0.394 e. The molecule has 1 saturated carbocycles. The lowest BCUT2D eigenvalue weighted by molar-refractivity contribution is -0.0593. The van der Waals surface area contributed by atoms with E-state index in [9.17, 15) is 5.11 Å². The zero-order valence-electron chi connectivity index (χ0n) is 14.5. The van der Waals surface area contributed by atoms with Gasteiger partial charge in [0.1, 0.15) is 0 Å². The summed E-state index contributed by atoms with van der Waals surface area (Å²) >= 11 is 0. The van der Waals surface area contributed by atoms with E-state index in [4.69, 9.17) is 4.74 Å². The van der Waals surface area contributed by atoms with E-state index in [1.54, 1.807) is 5.56 Å². The largest absolute Gasteiger partial charge is 0.394 e. The van der Waals surface area contributed by atoms with E-state index in [1.165, 1.54) is 50.5 Å². The van der Waals surface area contributed by atoms with E-state index in [-0.39, 0.29) is 12.7 Å². The molecule has 0 bridgehead atoms. The number of aryl methyl sites for hydroxylation is 1. The molecule has 1 aliphatic heterocycles. The maximum absolute atomic E-state index is 9.18. The van der Waals surface area contributed by atoms with Crippen molar-refractivity contribution in [2.24, 2.45) is 11.8 Å². The van der Waals surface area contributed by atoms with Gasteiger partial charge in [-0.1, -0.05) is 37.6 Å². The Morgan fingerprint density at radius 2 is 1.65 bits per heavy atom. The van der Waals surface area contributed by atoms with Crippen molar-refractivity contribution in [3.8, 4) is 0 Å². The molecule has 1 heterocycles. The van der Waals surface area contributed by atoms with Gasteiger partial charge >= 0.3 is 0 Å². The standard InChI is InChI=1S/C21H32O2/c1-2-3-16-4-6-17(7-5-16)18-8-10-19(11-9-18)20-12-13-21(14-22)23-15-20/h4-7,18-22H,2-3,8-15H2,1H3. The Balaban J connectivity index is 1.48. The number of hydrogen-bond donors (Lipinski definition) is 1. The first kappa shape index (κ1) is 17.0. The number of benzene rings is 1. The summed E-state index contributed by atoms with van der Waals surface area (Å²) in [5.74, 6) is 2.33. The van der Waals surface area contributed by atoms with Crippen molar-refractivity contribution in [3.63, 3.8) is 0 Å². The smallest absolute Gasteiger partial charge is 0.0806 e. The Morgan fingerprint density at radius 1 is 0.957 bits per heavy atom. The first-order valence-corrected chi connectivity index (χ1v) is 9.61. The number of ether oxygens (including phenoxy) is 1. The monoisotopic (exact) mass is 316 g/mol. The summed E-state index contributed by atoms with van der Waals surface area (Å²) < 4.78 is 5.79. The average molecular weight is 316 g/mol. The normalized spacial score (nSPS) is 31.9. The van der Waals surface area contributed by atoms with Crippen molar-refractivity contribution < 1.29 is 9.84 Å². The van der Waals surface area contributed by atoms with Crippen LogP contribution in [0.1, 0.15) is 68.9 Å². The van der Waals surface area contributed by atoms with Crippen molar-refractivity contribution in [3.05, 3.63) is 35.4 Å². The third-order valence-electron chi connectivity index (χ3n) is 6.04. The highest BCUT2D eigenvalue weighted by Gasteiger charge is 2.31. The molecule has 1 aliphatic carbocycles. The van der Waals surface area contributed by atoms with Crippen LogP contribution in [0.4, 0.5) is 0 Å². The van der Waals surface area contributed by atoms with Crippen molar-refractivity contribution in [2.75, 3.05) is 13.2 Å². The van der Waals surface area contributed by atoms with E-state index in [1.807, 2.05) is 0 Å². The summed E-state index contributed by atoms with van der Waals surface area (Å²) in [6.07, 6.45) is 10.2. The molecule has 0 spiro atoms. The molecule has 2 fully saturated rings. The van der Waals surface area contributed by atoms with E-state index in [0.29, 0.717) is 0 Å². The SMILES string of the molecule is CCCc1ccc(C2CCC(C3CCC(CO)OC3)CC2)cc1. The Kier molecular flexibility index (Phi) is 6.13. The number of hydrogen-bond acceptors (Lipinski definition) is 2. The third-order valence-corrected chi connectivity index (χ3v) is 6.04. The molecule has 2 aliphatic rings. The first-order valence-electron chi connectivity index (χ1n) is 9.61. The van der Waals surface area contributed by atoms with Crippen LogP contribution in [-0.4, -0.2) is 24.4 Å². The van der Waals surface area contributed by atoms with Crippen LogP contribution in [0.2, 0.25) is 0 Å². The van der Waals surface area contributed by atoms with Gasteiger partial charge < -0.3 is 9.84 Å². The fourth-order valence-electron chi connectivity index (χ4n) is 4.51. The van der Waals surface area contributed by atoms with Crippen molar-refractivity contribution in [1.29, 1.82) is 0 Å². The van der Waals surface area contributed by atoms with Gasteiger partial charge in [0.25, 0.3) is 0 Å². The van der Waals surface area contributed by atoms with Crippen molar-refractivity contribution in [2.45, 2.75) is 70.3 Å². The predicted molar refractivity (Wildman–Crippen MR) is 94.7 cm³/mol. The quantitative estimate of drug-likeness (QED) is 0.853. The third kappa shape index (κ3) is 4.36. The molecule has 2 atom stereocenters.